The summed E-state index contributed by atoms with van der Waals surface area (Å²) in [7, 11) is 1.40. The molecule has 8 heteroatoms. The molecule has 0 radical (unpaired) electrons. The summed E-state index contributed by atoms with van der Waals surface area (Å²) in [4.78, 5) is 21.5. The Labute approximate surface area is 160 Å². The van der Waals surface area contributed by atoms with Crippen molar-refractivity contribution in [2.45, 2.75) is 12.8 Å². The molecular weight excluding hydrogens is 406 g/mol. The van der Waals surface area contributed by atoms with Gasteiger partial charge in [0.1, 0.15) is 0 Å². The van der Waals surface area contributed by atoms with E-state index in [0.29, 0.717) is 5.92 Å². The third kappa shape index (κ3) is 10.5. The molecule has 6 nitrogen and oxygen atoms in total. The fourth-order valence-electron chi connectivity index (χ4n) is 1.59. The summed E-state index contributed by atoms with van der Waals surface area (Å²) in [6, 6.07) is 0. The minimum atomic E-state index is -0.208. The van der Waals surface area contributed by atoms with Gasteiger partial charge < -0.3 is 23.8 Å². The van der Waals surface area contributed by atoms with Crippen molar-refractivity contribution in [1.29, 1.82) is 0 Å². The van der Waals surface area contributed by atoms with E-state index in [9.17, 15) is 9.59 Å². The summed E-state index contributed by atoms with van der Waals surface area (Å²) in [5.74, 6) is 1.88. The number of esters is 2. The van der Waals surface area contributed by atoms with Crippen LogP contribution in [0.5, 0.6) is 0 Å². The van der Waals surface area contributed by atoms with E-state index in [1.165, 1.54) is 7.11 Å². The molecule has 2 rings (SSSR count). The van der Waals surface area contributed by atoms with Gasteiger partial charge >= 0.3 is 39.1 Å². The molecule has 0 N–H and O–H groups in total. The molecule has 2 aliphatic rings. The second-order valence-electron chi connectivity index (χ2n) is 4.27. The van der Waals surface area contributed by atoms with Crippen molar-refractivity contribution in [3.8, 4) is 0 Å². The van der Waals surface area contributed by atoms with Gasteiger partial charge in [0.25, 0.3) is 0 Å². The first-order valence-corrected chi connectivity index (χ1v) is 7.22. The summed E-state index contributed by atoms with van der Waals surface area (Å²) in [6.45, 7) is 10.8. The van der Waals surface area contributed by atoms with E-state index in [1.807, 2.05) is 0 Å². The predicted molar refractivity (Wildman–Crippen MR) is 79.2 cm³/mol. The third-order valence-corrected chi connectivity index (χ3v) is 2.97. The molecule has 0 bridgehead atoms. The van der Waals surface area contributed by atoms with Gasteiger partial charge in [-0.15, -0.1) is 37.1 Å². The van der Waals surface area contributed by atoms with Crippen LogP contribution in [0.25, 0.3) is 0 Å². The van der Waals surface area contributed by atoms with Crippen LogP contribution in [0.15, 0.2) is 25.3 Å². The zero-order valence-corrected chi connectivity index (χ0v) is 15.8. The van der Waals surface area contributed by atoms with Crippen LogP contribution >= 0.6 is 0 Å². The molecule has 2 atom stereocenters. The molecule has 2 fully saturated rings. The Bertz CT molecular complexity index is 400. The predicted octanol–water partition coefficient (Wildman–Crippen LogP) is 2.29. The van der Waals surface area contributed by atoms with Crippen LogP contribution in [0.1, 0.15) is 12.8 Å². The molecule has 2 saturated carbocycles. The van der Waals surface area contributed by atoms with Gasteiger partial charge in [-0.25, -0.2) is 0 Å². The Morgan fingerprint density at radius 2 is 1.46 bits per heavy atom. The SMILES string of the molecule is C=CC1C[C-]1C(=O)OC.C=CC1C[C-]1C(=O)OC[CH2-].[CH3-].[O]=[Co].[O]=[Co]. The van der Waals surface area contributed by atoms with E-state index in [2.05, 4.69) is 60.9 Å². The molecule has 2 unspecified atom stereocenters. The molecule has 0 aliphatic heterocycles. The maximum absolute atomic E-state index is 10.8. The Balaban J connectivity index is -0.000000295. The van der Waals surface area contributed by atoms with Crippen molar-refractivity contribution in [3.05, 3.63) is 51.5 Å². The van der Waals surface area contributed by atoms with Crippen molar-refractivity contribution >= 4 is 11.9 Å². The summed E-state index contributed by atoms with van der Waals surface area (Å²) in [5.41, 5.74) is 0. The quantitative estimate of drug-likeness (QED) is 0.380. The molecule has 0 saturated heterocycles. The van der Waals surface area contributed by atoms with Gasteiger partial charge in [0, 0.05) is 0 Å². The monoisotopic (exact) mass is 428 g/mol. The number of rotatable bonds is 5. The van der Waals surface area contributed by atoms with Crippen LogP contribution in [0, 0.1) is 38.0 Å². The number of ether oxygens (including phenoxy) is 2. The standard InChI is InChI=1S/C8H10O2.C7H9O2.CH3.2Co.2O/c1-3-6-5-7(6)8(9)10-4-2;1-3-5-4-6(5)7(8)9-2;;;;;/h3,6H,1-2,4-5H2;3,5H,1,4H2,2H3;1H3;;;;/q-2;2*-1;;;;. The second kappa shape index (κ2) is 16.6. The van der Waals surface area contributed by atoms with E-state index >= 15 is 0 Å². The fraction of sp³-hybridized carbons (Fsp3) is 0.375. The normalized spacial score (nSPS) is 18.3. The first-order chi connectivity index (χ1) is 11.1. The molecule has 24 heavy (non-hydrogen) atoms. The first-order valence-electron chi connectivity index (χ1n) is 6.37. The molecule has 0 aromatic carbocycles. The van der Waals surface area contributed by atoms with Gasteiger partial charge in [0.15, 0.2) is 11.9 Å². The van der Waals surface area contributed by atoms with E-state index in [4.69, 9.17) is 7.73 Å². The van der Waals surface area contributed by atoms with Crippen LogP contribution in [0.2, 0.25) is 0 Å². The number of carbonyl (C=O) groups excluding carboxylic acids is 2. The maximum atomic E-state index is 10.8. The topological polar surface area (TPSA) is 86.7 Å². The van der Waals surface area contributed by atoms with Crippen molar-refractivity contribution in [3.63, 3.8) is 0 Å². The molecule has 0 aromatic rings. The first kappa shape index (κ1) is 27.6. The minimum absolute atomic E-state index is 0. The summed E-state index contributed by atoms with van der Waals surface area (Å²) in [5, 5.41) is 0. The van der Waals surface area contributed by atoms with E-state index in [0.717, 1.165) is 24.7 Å². The van der Waals surface area contributed by atoms with Crippen LogP contribution < -0.4 is 0 Å². The van der Waals surface area contributed by atoms with Crippen LogP contribution in [0.3, 0.4) is 0 Å². The van der Waals surface area contributed by atoms with Gasteiger partial charge in [0.2, 0.25) is 0 Å². The summed E-state index contributed by atoms with van der Waals surface area (Å²) >= 11 is 4.62. The van der Waals surface area contributed by atoms with Gasteiger partial charge in [-0.3, -0.25) is 21.4 Å². The van der Waals surface area contributed by atoms with Crippen molar-refractivity contribution in [1.82, 2.24) is 0 Å². The number of methoxy groups -OCH3 is 1. The Morgan fingerprint density at radius 1 is 1.08 bits per heavy atom. The third-order valence-electron chi connectivity index (χ3n) is 2.97. The zero-order valence-electron chi connectivity index (χ0n) is 13.7. The van der Waals surface area contributed by atoms with Crippen molar-refractivity contribution < 1.29 is 58.1 Å². The van der Waals surface area contributed by atoms with E-state index < -0.39 is 0 Å². The fourth-order valence-corrected chi connectivity index (χ4v) is 1.59. The van der Waals surface area contributed by atoms with Gasteiger partial charge in [-0.1, -0.05) is 0 Å². The summed E-state index contributed by atoms with van der Waals surface area (Å²) < 4.78 is 25.0. The molecule has 144 valence electrons. The summed E-state index contributed by atoms with van der Waals surface area (Å²) in [6.07, 6.45) is 5.20. The Hall–Kier alpha value is -1.23. The van der Waals surface area contributed by atoms with Crippen LogP contribution in [-0.4, -0.2) is 25.7 Å². The zero-order chi connectivity index (χ0) is 18.4. The van der Waals surface area contributed by atoms with Crippen LogP contribution in [-0.2, 0) is 58.1 Å². The van der Waals surface area contributed by atoms with E-state index in [1.54, 1.807) is 12.2 Å². The molecule has 0 amide bonds. The molecule has 2 aliphatic carbocycles. The van der Waals surface area contributed by atoms with E-state index in [-0.39, 0.29) is 31.9 Å². The second-order valence-corrected chi connectivity index (χ2v) is 4.27. The number of hydrogen-bond acceptors (Lipinski definition) is 6. The molecule has 0 spiro atoms. The average Bonchev–Trinajstić information content (AvgIpc) is 3.52. The van der Waals surface area contributed by atoms with Gasteiger partial charge in [-0.2, -0.15) is 12.8 Å². The Kier molecular flexibility index (Phi) is 19.1. The van der Waals surface area contributed by atoms with Crippen molar-refractivity contribution in [2.24, 2.45) is 11.8 Å². The van der Waals surface area contributed by atoms with Crippen LogP contribution in [0.4, 0.5) is 0 Å². The van der Waals surface area contributed by atoms with Gasteiger partial charge in [0.05, 0.1) is 7.11 Å². The number of allylic oxidation sites excluding steroid dienone is 2. The van der Waals surface area contributed by atoms with Gasteiger partial charge in [-0.05, 0) is 6.61 Å². The Morgan fingerprint density at radius 3 is 1.71 bits per heavy atom. The molecule has 0 aromatic heterocycles. The molecule has 0 heterocycles. The average molecular weight is 428 g/mol. The van der Waals surface area contributed by atoms with Crippen molar-refractivity contribution in [2.75, 3.05) is 13.7 Å². The number of hydrogen-bond donors (Lipinski definition) is 0. The molecular formula is C16H22Co2O6-4. The number of carbonyl (C=O) groups is 2.